The minimum Gasteiger partial charge on any atom is -0.495 e. The van der Waals surface area contributed by atoms with Gasteiger partial charge in [0, 0.05) is 6.26 Å². The van der Waals surface area contributed by atoms with E-state index in [0.717, 1.165) is 6.26 Å². The van der Waals surface area contributed by atoms with Crippen LogP contribution >= 0.6 is 0 Å². The fraction of sp³-hybridized carbons (Fsp3) is 0.273. The highest BCUT2D eigenvalue weighted by Crippen LogP contribution is 2.27. The van der Waals surface area contributed by atoms with Gasteiger partial charge in [-0.15, -0.1) is 6.42 Å². The Bertz CT molecular complexity index is 515. The highest BCUT2D eigenvalue weighted by molar-refractivity contribution is 7.90. The van der Waals surface area contributed by atoms with Crippen LogP contribution in [0.2, 0.25) is 0 Å². The lowest BCUT2D eigenvalue weighted by atomic mass is 10.3. The predicted octanol–water partition coefficient (Wildman–Crippen LogP) is 1.14. The van der Waals surface area contributed by atoms with Gasteiger partial charge in [-0.2, -0.15) is 0 Å². The van der Waals surface area contributed by atoms with Crippen LogP contribution in [0.4, 0.5) is 5.69 Å². The van der Waals surface area contributed by atoms with E-state index < -0.39 is 9.84 Å². The summed E-state index contributed by atoms with van der Waals surface area (Å²) in [6.07, 6.45) is 6.27. The van der Waals surface area contributed by atoms with Crippen LogP contribution in [0.15, 0.2) is 23.1 Å². The van der Waals surface area contributed by atoms with Crippen molar-refractivity contribution in [3.63, 3.8) is 0 Å². The lowest BCUT2D eigenvalue weighted by molar-refractivity contribution is 0.416. The second kappa shape index (κ2) is 4.90. The number of terminal acetylenes is 1. The Labute approximate surface area is 95.5 Å². The van der Waals surface area contributed by atoms with E-state index in [1.165, 1.54) is 19.2 Å². The maximum absolute atomic E-state index is 11.3. The van der Waals surface area contributed by atoms with E-state index in [1.807, 2.05) is 0 Å². The molecule has 1 rings (SSSR count). The van der Waals surface area contributed by atoms with Crippen molar-refractivity contribution in [2.75, 3.05) is 25.2 Å². The fourth-order valence-corrected chi connectivity index (χ4v) is 1.85. The zero-order valence-corrected chi connectivity index (χ0v) is 9.97. The van der Waals surface area contributed by atoms with Crippen LogP contribution in [0.3, 0.4) is 0 Å². The van der Waals surface area contributed by atoms with Gasteiger partial charge >= 0.3 is 0 Å². The van der Waals surface area contributed by atoms with Crippen LogP contribution in [0.25, 0.3) is 0 Å². The van der Waals surface area contributed by atoms with E-state index >= 15 is 0 Å². The largest absolute Gasteiger partial charge is 0.495 e. The van der Waals surface area contributed by atoms with Gasteiger partial charge in [-0.25, -0.2) is 8.42 Å². The third kappa shape index (κ3) is 2.91. The van der Waals surface area contributed by atoms with E-state index in [9.17, 15) is 8.42 Å². The quantitative estimate of drug-likeness (QED) is 0.801. The number of hydrogen-bond donors (Lipinski definition) is 1. The molecule has 4 nitrogen and oxygen atoms in total. The summed E-state index contributed by atoms with van der Waals surface area (Å²) in [7, 11) is -1.71. The Morgan fingerprint density at radius 2 is 2.19 bits per heavy atom. The van der Waals surface area contributed by atoms with Gasteiger partial charge < -0.3 is 10.1 Å². The first-order valence-corrected chi connectivity index (χ1v) is 6.43. The van der Waals surface area contributed by atoms with Gasteiger partial charge in [0.25, 0.3) is 0 Å². The normalized spacial score (nSPS) is 10.6. The predicted molar refractivity (Wildman–Crippen MR) is 63.4 cm³/mol. The highest BCUT2D eigenvalue weighted by Gasteiger charge is 2.10. The van der Waals surface area contributed by atoms with Crippen molar-refractivity contribution in [2.45, 2.75) is 4.90 Å². The van der Waals surface area contributed by atoms with Gasteiger partial charge in [0.05, 0.1) is 24.2 Å². The molecule has 0 unspecified atom stereocenters. The molecule has 0 heterocycles. The van der Waals surface area contributed by atoms with Crippen LogP contribution in [0.1, 0.15) is 0 Å². The Morgan fingerprint density at radius 1 is 1.50 bits per heavy atom. The molecule has 5 heteroatoms. The molecule has 1 aromatic carbocycles. The second-order valence-electron chi connectivity index (χ2n) is 3.19. The van der Waals surface area contributed by atoms with Gasteiger partial charge in [-0.1, -0.05) is 5.92 Å². The van der Waals surface area contributed by atoms with Gasteiger partial charge in [0.2, 0.25) is 0 Å². The summed E-state index contributed by atoms with van der Waals surface area (Å²) < 4.78 is 27.8. The van der Waals surface area contributed by atoms with Gasteiger partial charge in [-0.3, -0.25) is 0 Å². The van der Waals surface area contributed by atoms with Gasteiger partial charge in [-0.05, 0) is 18.2 Å². The number of nitrogens with one attached hydrogen (secondary N) is 1. The van der Waals surface area contributed by atoms with Crippen LogP contribution in [-0.2, 0) is 9.84 Å². The molecule has 0 saturated heterocycles. The average molecular weight is 239 g/mol. The number of benzene rings is 1. The molecule has 0 radical (unpaired) electrons. The van der Waals surface area contributed by atoms with Crippen LogP contribution < -0.4 is 10.1 Å². The highest BCUT2D eigenvalue weighted by atomic mass is 32.2. The lowest BCUT2D eigenvalue weighted by Crippen LogP contribution is -2.03. The average Bonchev–Trinajstić information content (AvgIpc) is 2.24. The number of sulfone groups is 1. The molecular formula is C11H13NO3S. The number of methoxy groups -OCH3 is 1. The molecule has 0 fully saturated rings. The first-order chi connectivity index (χ1) is 7.49. The summed E-state index contributed by atoms with van der Waals surface area (Å²) >= 11 is 0. The van der Waals surface area contributed by atoms with E-state index in [-0.39, 0.29) is 4.90 Å². The molecule has 16 heavy (non-hydrogen) atoms. The molecule has 1 N–H and O–H groups in total. The lowest BCUT2D eigenvalue weighted by Gasteiger charge is -2.10. The third-order valence-electron chi connectivity index (χ3n) is 1.98. The van der Waals surface area contributed by atoms with Crippen molar-refractivity contribution >= 4 is 15.5 Å². The van der Waals surface area contributed by atoms with E-state index in [0.29, 0.717) is 18.0 Å². The van der Waals surface area contributed by atoms with Crippen LogP contribution in [0.5, 0.6) is 5.75 Å². The number of ether oxygens (including phenoxy) is 1. The van der Waals surface area contributed by atoms with Gasteiger partial charge in [0.1, 0.15) is 5.75 Å². The molecule has 0 saturated carbocycles. The number of rotatable bonds is 4. The van der Waals surface area contributed by atoms with E-state index in [1.54, 1.807) is 6.07 Å². The first kappa shape index (κ1) is 12.4. The minimum atomic E-state index is -3.22. The monoisotopic (exact) mass is 239 g/mol. The van der Waals surface area contributed by atoms with E-state index in [2.05, 4.69) is 11.2 Å². The topological polar surface area (TPSA) is 55.4 Å². The molecule has 0 bridgehead atoms. The van der Waals surface area contributed by atoms with Crippen molar-refractivity contribution in [1.82, 2.24) is 0 Å². The standard InChI is InChI=1S/C11H13NO3S/c1-4-7-12-10-8-9(16(3,13)14)5-6-11(10)15-2/h1,5-6,8,12H,7H2,2-3H3. The number of anilines is 1. The molecule has 86 valence electrons. The summed E-state index contributed by atoms with van der Waals surface area (Å²) in [5.41, 5.74) is 0.573. The van der Waals surface area contributed by atoms with Crippen molar-refractivity contribution < 1.29 is 13.2 Å². The Balaban J connectivity index is 3.17. The minimum absolute atomic E-state index is 0.229. The fourth-order valence-electron chi connectivity index (χ4n) is 1.20. The van der Waals surface area contributed by atoms with Gasteiger partial charge in [0.15, 0.2) is 9.84 Å². The Morgan fingerprint density at radius 3 is 2.69 bits per heavy atom. The summed E-state index contributed by atoms with van der Waals surface area (Å²) in [4.78, 5) is 0.229. The van der Waals surface area contributed by atoms with Crippen molar-refractivity contribution in [3.8, 4) is 18.1 Å². The molecule has 0 aliphatic heterocycles. The molecule has 0 spiro atoms. The van der Waals surface area contributed by atoms with Crippen LogP contribution in [0, 0.1) is 12.3 Å². The summed E-state index contributed by atoms with van der Waals surface area (Å²) in [5.74, 6) is 2.97. The zero-order chi connectivity index (χ0) is 12.2. The maximum Gasteiger partial charge on any atom is 0.175 e. The molecule has 0 atom stereocenters. The summed E-state index contributed by atoms with van der Waals surface area (Å²) in [6, 6.07) is 4.59. The first-order valence-electron chi connectivity index (χ1n) is 4.54. The Kier molecular flexibility index (Phi) is 3.80. The van der Waals surface area contributed by atoms with Crippen molar-refractivity contribution in [3.05, 3.63) is 18.2 Å². The Hall–Kier alpha value is -1.67. The molecular weight excluding hydrogens is 226 g/mol. The smallest absolute Gasteiger partial charge is 0.175 e. The maximum atomic E-state index is 11.3. The molecule has 0 aliphatic rings. The van der Waals surface area contributed by atoms with Crippen molar-refractivity contribution in [1.29, 1.82) is 0 Å². The molecule has 0 aliphatic carbocycles. The van der Waals surface area contributed by atoms with E-state index in [4.69, 9.17) is 11.2 Å². The molecule has 0 amide bonds. The third-order valence-corrected chi connectivity index (χ3v) is 3.09. The van der Waals surface area contributed by atoms with Crippen molar-refractivity contribution in [2.24, 2.45) is 0 Å². The molecule has 1 aromatic rings. The number of hydrogen-bond acceptors (Lipinski definition) is 4. The molecule has 0 aromatic heterocycles. The van der Waals surface area contributed by atoms with Crippen LogP contribution in [-0.4, -0.2) is 28.3 Å². The summed E-state index contributed by atoms with van der Waals surface area (Å²) in [6.45, 7) is 0.309. The summed E-state index contributed by atoms with van der Waals surface area (Å²) in [5, 5.41) is 2.90. The second-order valence-corrected chi connectivity index (χ2v) is 5.21. The SMILES string of the molecule is C#CCNc1cc(S(C)(=O)=O)ccc1OC. The zero-order valence-electron chi connectivity index (χ0n) is 9.15.